The van der Waals surface area contributed by atoms with E-state index in [0.29, 0.717) is 26.4 Å². The summed E-state index contributed by atoms with van der Waals surface area (Å²) in [4.78, 5) is 13.8. The molecule has 0 aliphatic carbocycles. The summed E-state index contributed by atoms with van der Waals surface area (Å²) >= 11 is 1.82. The molecule has 7 nitrogen and oxygen atoms in total. The maximum atomic E-state index is 11.4. The molecule has 1 amide bonds. The zero-order valence-electron chi connectivity index (χ0n) is 15.3. The van der Waals surface area contributed by atoms with Gasteiger partial charge in [-0.3, -0.25) is 9.69 Å². The summed E-state index contributed by atoms with van der Waals surface area (Å²) in [6.45, 7) is 12.2. The Morgan fingerprint density at radius 1 is 1.08 bits per heavy atom. The topological polar surface area (TPSA) is 63.3 Å². The van der Waals surface area contributed by atoms with Crippen molar-refractivity contribution in [2.45, 2.75) is 20.0 Å². The third kappa shape index (κ3) is 11.2. The molecule has 1 N–H and O–H groups in total. The highest BCUT2D eigenvalue weighted by atomic mass is 32.2. The van der Waals surface area contributed by atoms with Gasteiger partial charge in [-0.2, -0.15) is 0 Å². The first-order chi connectivity index (χ1) is 11.6. The molecule has 1 rings (SSSR count). The first-order valence-corrected chi connectivity index (χ1v) is 9.85. The van der Waals surface area contributed by atoms with Gasteiger partial charge in [0.05, 0.1) is 32.5 Å². The molecule has 1 aliphatic rings. The van der Waals surface area contributed by atoms with Gasteiger partial charge in [0.25, 0.3) is 0 Å². The molecule has 24 heavy (non-hydrogen) atoms. The third-order valence-electron chi connectivity index (χ3n) is 3.63. The summed E-state index contributed by atoms with van der Waals surface area (Å²) < 4.78 is 18.6. The molecule has 1 saturated heterocycles. The van der Waals surface area contributed by atoms with E-state index in [1.54, 1.807) is 0 Å². The van der Waals surface area contributed by atoms with Crippen molar-refractivity contribution in [3.05, 3.63) is 0 Å². The summed E-state index contributed by atoms with van der Waals surface area (Å²) in [5.41, 5.74) is 0. The van der Waals surface area contributed by atoms with Crippen molar-refractivity contribution in [1.29, 1.82) is 0 Å². The molecule has 1 heterocycles. The number of ether oxygens (including phenoxy) is 3. The summed E-state index contributed by atoms with van der Waals surface area (Å²) in [5.74, 6) is -0.106. The smallest absolute Gasteiger partial charge is 0.246 e. The van der Waals surface area contributed by atoms with E-state index in [2.05, 4.69) is 20.8 Å². The minimum absolute atomic E-state index is 0.0681. The Bertz CT molecular complexity index is 326. The second-order valence-electron chi connectivity index (χ2n) is 5.89. The number of nitrogens with zero attached hydrogens (tertiary/aromatic N) is 2. The molecule has 0 unspecified atom stereocenters. The molecule has 0 bridgehead atoms. The van der Waals surface area contributed by atoms with Crippen molar-refractivity contribution >= 4 is 17.9 Å². The van der Waals surface area contributed by atoms with Gasteiger partial charge in [0, 0.05) is 39.3 Å². The van der Waals surface area contributed by atoms with E-state index in [1.165, 1.54) is 0 Å². The van der Waals surface area contributed by atoms with Crippen molar-refractivity contribution in [2.75, 3.05) is 78.6 Å². The summed E-state index contributed by atoms with van der Waals surface area (Å²) in [7, 11) is 0. The highest BCUT2D eigenvalue weighted by Gasteiger charge is 2.15. The van der Waals surface area contributed by atoms with Crippen LogP contribution in [0.15, 0.2) is 0 Å². The highest BCUT2D eigenvalue weighted by molar-refractivity contribution is 7.96. The average Bonchev–Trinajstić information content (AvgIpc) is 2.59. The quantitative estimate of drug-likeness (QED) is 0.377. The Labute approximate surface area is 150 Å². The van der Waals surface area contributed by atoms with Crippen LogP contribution >= 0.6 is 11.9 Å². The van der Waals surface area contributed by atoms with Crippen LogP contribution in [0.3, 0.4) is 0 Å². The van der Waals surface area contributed by atoms with Crippen molar-refractivity contribution in [1.82, 2.24) is 14.5 Å². The van der Waals surface area contributed by atoms with Crippen molar-refractivity contribution in [3.8, 4) is 0 Å². The van der Waals surface area contributed by atoms with Crippen LogP contribution in [0.4, 0.5) is 0 Å². The number of amides is 1. The molecule has 1 aliphatic heterocycles. The molecule has 0 spiro atoms. The average molecular weight is 364 g/mol. The minimum Gasteiger partial charge on any atom is -0.378 e. The van der Waals surface area contributed by atoms with Gasteiger partial charge in [-0.05, 0) is 20.1 Å². The maximum Gasteiger partial charge on any atom is 0.246 e. The first-order valence-electron chi connectivity index (χ1n) is 8.67. The fourth-order valence-electron chi connectivity index (χ4n) is 2.21. The van der Waals surface area contributed by atoms with Gasteiger partial charge in [0.2, 0.25) is 5.91 Å². The van der Waals surface area contributed by atoms with E-state index in [1.807, 2.05) is 25.8 Å². The van der Waals surface area contributed by atoms with Crippen LogP contribution in [-0.2, 0) is 19.0 Å². The molecule has 8 heteroatoms. The maximum absolute atomic E-state index is 11.4. The van der Waals surface area contributed by atoms with Crippen LogP contribution in [0.1, 0.15) is 13.8 Å². The number of nitrogens with one attached hydrogen (secondary N) is 1. The predicted octanol–water partition coefficient (Wildman–Crippen LogP) is 0.456. The zero-order valence-corrected chi connectivity index (χ0v) is 16.1. The molecular weight excluding hydrogens is 330 g/mol. The van der Waals surface area contributed by atoms with Gasteiger partial charge < -0.3 is 19.5 Å². The first kappa shape index (κ1) is 21.7. The fourth-order valence-corrected chi connectivity index (χ4v) is 2.74. The third-order valence-corrected chi connectivity index (χ3v) is 4.51. The molecular formula is C16H33N3O4S. The summed E-state index contributed by atoms with van der Waals surface area (Å²) in [6.07, 6.45) is 2.20. The van der Waals surface area contributed by atoms with E-state index in [-0.39, 0.29) is 18.6 Å². The number of rotatable bonds is 13. The predicted molar refractivity (Wildman–Crippen MR) is 97.3 cm³/mol. The Hall–Kier alpha value is -0.380. The van der Waals surface area contributed by atoms with Gasteiger partial charge in [-0.1, -0.05) is 11.9 Å². The fraction of sp³-hybridized carbons (Fsp3) is 0.938. The van der Waals surface area contributed by atoms with Crippen molar-refractivity contribution in [2.24, 2.45) is 0 Å². The summed E-state index contributed by atoms with van der Waals surface area (Å²) in [6, 6.07) is 0. The minimum atomic E-state index is -0.106. The van der Waals surface area contributed by atoms with E-state index in [9.17, 15) is 4.79 Å². The Morgan fingerprint density at radius 2 is 1.75 bits per heavy atom. The monoisotopic (exact) mass is 363 g/mol. The van der Waals surface area contributed by atoms with Gasteiger partial charge in [-0.15, -0.1) is 0 Å². The number of carbonyl (C=O) groups is 1. The lowest BCUT2D eigenvalue weighted by Crippen LogP contribution is -2.44. The van der Waals surface area contributed by atoms with Gasteiger partial charge >= 0.3 is 0 Å². The van der Waals surface area contributed by atoms with Crippen LogP contribution in [-0.4, -0.2) is 99.8 Å². The number of carbonyl (C=O) groups excluding carboxylic acids is 1. The molecule has 0 atom stereocenters. The molecule has 0 aromatic carbocycles. The van der Waals surface area contributed by atoms with E-state index < -0.39 is 0 Å². The zero-order chi connectivity index (χ0) is 17.6. The van der Waals surface area contributed by atoms with Crippen molar-refractivity contribution in [3.63, 3.8) is 0 Å². The highest BCUT2D eigenvalue weighted by Crippen LogP contribution is 2.09. The van der Waals surface area contributed by atoms with Gasteiger partial charge in [0.1, 0.15) is 6.61 Å². The second-order valence-corrected chi connectivity index (χ2v) is 6.77. The van der Waals surface area contributed by atoms with Crippen LogP contribution in [0.2, 0.25) is 0 Å². The number of piperazine rings is 1. The normalized spacial score (nSPS) is 16.7. The van der Waals surface area contributed by atoms with E-state index in [4.69, 9.17) is 14.2 Å². The van der Waals surface area contributed by atoms with Crippen LogP contribution < -0.4 is 5.32 Å². The summed E-state index contributed by atoms with van der Waals surface area (Å²) in [5, 5.41) is 2.75. The Morgan fingerprint density at radius 3 is 2.38 bits per heavy atom. The Kier molecular flexibility index (Phi) is 12.5. The number of hydrogen-bond donors (Lipinski definition) is 1. The lowest BCUT2D eigenvalue weighted by Gasteiger charge is -2.32. The molecule has 0 aromatic heterocycles. The lowest BCUT2D eigenvalue weighted by atomic mass is 10.3. The molecule has 142 valence electrons. The second kappa shape index (κ2) is 13.9. The van der Waals surface area contributed by atoms with Crippen LogP contribution in [0.5, 0.6) is 0 Å². The largest absolute Gasteiger partial charge is 0.378 e. The SMILES string of the molecule is CSN1CCN(CCOCCOCCNC(=O)COC(C)C)CC1. The van der Waals surface area contributed by atoms with Crippen molar-refractivity contribution < 1.29 is 19.0 Å². The molecule has 0 saturated carbocycles. The number of hydrogen-bond acceptors (Lipinski definition) is 7. The van der Waals surface area contributed by atoms with Gasteiger partial charge in [-0.25, -0.2) is 4.31 Å². The molecule has 0 radical (unpaired) electrons. The van der Waals surface area contributed by atoms with Gasteiger partial charge in [0.15, 0.2) is 0 Å². The lowest BCUT2D eigenvalue weighted by molar-refractivity contribution is -0.127. The Balaban J connectivity index is 1.82. The van der Waals surface area contributed by atoms with Crippen LogP contribution in [0.25, 0.3) is 0 Å². The van der Waals surface area contributed by atoms with E-state index in [0.717, 1.165) is 39.3 Å². The van der Waals surface area contributed by atoms with E-state index >= 15 is 0 Å². The standard InChI is InChI=1S/C16H33N3O4S/c1-15(2)23-14-16(20)17-4-10-21-12-13-22-11-9-18-5-7-19(24-3)8-6-18/h15H,4-14H2,1-3H3,(H,17,20). The van der Waals surface area contributed by atoms with Crippen LogP contribution in [0, 0.1) is 0 Å². The molecule has 1 fully saturated rings. The molecule has 0 aromatic rings.